The minimum Gasteiger partial charge on any atom is -0.353 e. The fourth-order valence-corrected chi connectivity index (χ4v) is 2.45. The Hall–Kier alpha value is 0.400. The minimum absolute atomic E-state index is 0.267. The Morgan fingerprint density at radius 1 is 1.31 bits per heavy atom. The van der Waals surface area contributed by atoms with E-state index in [0.29, 0.717) is 0 Å². The lowest BCUT2D eigenvalue weighted by Gasteiger charge is -2.28. The van der Waals surface area contributed by atoms with E-state index >= 15 is 0 Å². The van der Waals surface area contributed by atoms with Crippen molar-refractivity contribution >= 4 is 19.2 Å². The highest BCUT2D eigenvalue weighted by atomic mass is 35.5. The van der Waals surface area contributed by atoms with Gasteiger partial charge in [0.25, 0.3) is 0 Å². The van der Waals surface area contributed by atoms with E-state index in [2.05, 4.69) is 0 Å². The Balaban J connectivity index is 4.67. The molecule has 0 bridgehead atoms. The molecule has 4 nitrogen and oxygen atoms in total. The molecule has 80 valence electrons. The summed E-state index contributed by atoms with van der Waals surface area (Å²) in [6, 6.07) is 0. The molecule has 0 fully saturated rings. The van der Waals surface area contributed by atoms with E-state index in [1.165, 1.54) is 14.0 Å². The van der Waals surface area contributed by atoms with Gasteiger partial charge in [0.15, 0.2) is 0 Å². The van der Waals surface area contributed by atoms with E-state index in [1.807, 2.05) is 0 Å². The predicted molar refractivity (Wildman–Crippen MR) is 52.1 cm³/mol. The number of methoxy groups -OCH3 is 1. The van der Waals surface area contributed by atoms with Gasteiger partial charge in [0.2, 0.25) is 4.80 Å². The molecule has 0 N–H and O–H groups in total. The van der Waals surface area contributed by atoms with Crippen LogP contribution in [0.4, 0.5) is 0 Å². The van der Waals surface area contributed by atoms with Crippen LogP contribution in [0.2, 0.25) is 0 Å². The molecule has 0 aromatic rings. The number of halogens is 1. The van der Waals surface area contributed by atoms with Crippen LogP contribution in [-0.2, 0) is 18.3 Å². The summed E-state index contributed by atoms with van der Waals surface area (Å²) < 4.78 is 26.8. The van der Waals surface area contributed by atoms with Crippen LogP contribution in [0.25, 0.3) is 0 Å². The molecule has 0 aliphatic rings. The second-order valence-electron chi connectivity index (χ2n) is 2.41. The topological polar surface area (TPSA) is 44.8 Å². The lowest BCUT2D eigenvalue weighted by molar-refractivity contribution is 0.0931. The smallest absolute Gasteiger partial charge is 0.353 e. The van der Waals surface area contributed by atoms with Gasteiger partial charge in [0, 0.05) is 7.11 Å². The van der Waals surface area contributed by atoms with Crippen LogP contribution < -0.4 is 0 Å². The monoisotopic (exact) mass is 230 g/mol. The standard InChI is InChI=1S/C7H16ClO4P/c1-5-11-13(9,12-6-2)7(3,8)10-4/h5-6H2,1-4H3. The van der Waals surface area contributed by atoms with E-state index in [9.17, 15) is 4.57 Å². The normalized spacial score (nSPS) is 17.0. The number of rotatable bonds is 6. The molecule has 13 heavy (non-hydrogen) atoms. The first-order chi connectivity index (χ1) is 5.93. The van der Waals surface area contributed by atoms with Gasteiger partial charge in [0.1, 0.15) is 0 Å². The van der Waals surface area contributed by atoms with E-state index in [1.54, 1.807) is 13.8 Å². The predicted octanol–water partition coefficient (Wildman–Crippen LogP) is 2.81. The Labute approximate surface area is 84.0 Å². The van der Waals surface area contributed by atoms with Gasteiger partial charge >= 0.3 is 7.60 Å². The van der Waals surface area contributed by atoms with Gasteiger partial charge in [-0.2, -0.15) is 0 Å². The van der Waals surface area contributed by atoms with Crippen molar-refractivity contribution in [3.8, 4) is 0 Å². The largest absolute Gasteiger partial charge is 0.377 e. The van der Waals surface area contributed by atoms with Crippen LogP contribution in [0.5, 0.6) is 0 Å². The van der Waals surface area contributed by atoms with Crippen molar-refractivity contribution in [1.82, 2.24) is 0 Å². The van der Waals surface area contributed by atoms with Gasteiger partial charge in [-0.25, -0.2) is 0 Å². The lowest BCUT2D eigenvalue weighted by atomic mass is 10.8. The van der Waals surface area contributed by atoms with Crippen molar-refractivity contribution < 1.29 is 18.3 Å². The second-order valence-corrected chi connectivity index (χ2v) is 5.76. The zero-order valence-electron chi connectivity index (χ0n) is 8.37. The van der Waals surface area contributed by atoms with Crippen molar-refractivity contribution in [2.45, 2.75) is 25.6 Å². The zero-order valence-corrected chi connectivity index (χ0v) is 10.0. The first kappa shape index (κ1) is 13.4. The van der Waals surface area contributed by atoms with E-state index in [4.69, 9.17) is 25.4 Å². The number of ether oxygens (including phenoxy) is 1. The Kier molecular flexibility index (Phi) is 5.49. The molecule has 0 aromatic heterocycles. The summed E-state index contributed by atoms with van der Waals surface area (Å²) in [6.07, 6.45) is 0. The zero-order chi connectivity index (χ0) is 10.5. The second kappa shape index (κ2) is 5.32. The Bertz CT molecular complexity index is 185. The summed E-state index contributed by atoms with van der Waals surface area (Å²) in [5, 5.41) is 0. The molecule has 6 heteroatoms. The molecule has 0 aliphatic carbocycles. The third-order valence-electron chi connectivity index (χ3n) is 1.46. The first-order valence-corrected chi connectivity index (χ1v) is 5.98. The van der Waals surface area contributed by atoms with Gasteiger partial charge in [-0.1, -0.05) is 11.6 Å². The highest BCUT2D eigenvalue weighted by Gasteiger charge is 2.46. The molecule has 0 rings (SSSR count). The molecule has 0 radical (unpaired) electrons. The fraction of sp³-hybridized carbons (Fsp3) is 1.00. The van der Waals surface area contributed by atoms with Crippen LogP contribution in [0.1, 0.15) is 20.8 Å². The number of hydrogen-bond donors (Lipinski definition) is 0. The SMILES string of the molecule is CCOP(=O)(OCC)C(C)(Cl)OC. The average molecular weight is 231 g/mol. The van der Waals surface area contributed by atoms with Crippen LogP contribution in [0.3, 0.4) is 0 Å². The summed E-state index contributed by atoms with van der Waals surface area (Å²) in [5.41, 5.74) is 0. The molecule has 0 heterocycles. The summed E-state index contributed by atoms with van der Waals surface area (Å²) >= 11 is 5.85. The van der Waals surface area contributed by atoms with Crippen LogP contribution in [0, 0.1) is 0 Å². The fourth-order valence-electron chi connectivity index (χ4n) is 0.720. The van der Waals surface area contributed by atoms with Crippen LogP contribution in [-0.4, -0.2) is 25.1 Å². The Morgan fingerprint density at radius 2 is 1.69 bits per heavy atom. The highest BCUT2D eigenvalue weighted by molar-refractivity contribution is 7.57. The van der Waals surface area contributed by atoms with Gasteiger partial charge in [-0.15, -0.1) is 0 Å². The average Bonchev–Trinajstić information content (AvgIpc) is 2.05. The maximum absolute atomic E-state index is 12.0. The third-order valence-corrected chi connectivity index (χ3v) is 4.59. The quantitative estimate of drug-likeness (QED) is 0.520. The molecule has 0 amide bonds. The summed E-state index contributed by atoms with van der Waals surface area (Å²) in [7, 11) is -2.02. The minimum atomic E-state index is -3.38. The van der Waals surface area contributed by atoms with Crippen LogP contribution in [0.15, 0.2) is 0 Å². The first-order valence-electron chi connectivity index (χ1n) is 4.06. The van der Waals surface area contributed by atoms with Crippen molar-refractivity contribution in [3.05, 3.63) is 0 Å². The van der Waals surface area contributed by atoms with E-state index < -0.39 is 12.4 Å². The molecule has 0 saturated heterocycles. The Morgan fingerprint density at radius 3 is 1.92 bits per heavy atom. The van der Waals surface area contributed by atoms with Gasteiger partial charge in [0.05, 0.1) is 13.2 Å². The molecular formula is C7H16ClO4P. The number of hydrogen-bond acceptors (Lipinski definition) is 4. The molecule has 0 spiro atoms. The van der Waals surface area contributed by atoms with Gasteiger partial charge < -0.3 is 13.8 Å². The third kappa shape index (κ3) is 3.22. The number of alkyl halides is 1. The van der Waals surface area contributed by atoms with Gasteiger partial charge in [-0.05, 0) is 20.8 Å². The van der Waals surface area contributed by atoms with Crippen molar-refractivity contribution in [1.29, 1.82) is 0 Å². The molecular weight excluding hydrogens is 214 g/mol. The van der Waals surface area contributed by atoms with Crippen molar-refractivity contribution in [2.75, 3.05) is 20.3 Å². The van der Waals surface area contributed by atoms with Crippen LogP contribution >= 0.6 is 19.2 Å². The summed E-state index contributed by atoms with van der Waals surface area (Å²) in [5.74, 6) is 0. The highest BCUT2D eigenvalue weighted by Crippen LogP contribution is 2.62. The lowest BCUT2D eigenvalue weighted by Crippen LogP contribution is -2.22. The van der Waals surface area contributed by atoms with Gasteiger partial charge in [-0.3, -0.25) is 4.57 Å². The maximum Gasteiger partial charge on any atom is 0.377 e. The van der Waals surface area contributed by atoms with Crippen molar-refractivity contribution in [2.24, 2.45) is 0 Å². The summed E-state index contributed by atoms with van der Waals surface area (Å²) in [6.45, 7) is 5.43. The van der Waals surface area contributed by atoms with E-state index in [0.717, 1.165) is 0 Å². The molecule has 0 aromatic carbocycles. The van der Waals surface area contributed by atoms with Crippen molar-refractivity contribution in [3.63, 3.8) is 0 Å². The molecule has 0 saturated carbocycles. The van der Waals surface area contributed by atoms with E-state index in [-0.39, 0.29) is 13.2 Å². The summed E-state index contributed by atoms with van der Waals surface area (Å²) in [4.78, 5) is -1.42. The maximum atomic E-state index is 12.0. The molecule has 0 aliphatic heterocycles. The molecule has 1 atom stereocenters. The molecule has 1 unspecified atom stereocenters.